The highest BCUT2D eigenvalue weighted by molar-refractivity contribution is 5.82. The lowest BCUT2D eigenvalue weighted by atomic mass is 9.94. The fraction of sp³-hybridized carbons (Fsp3) is 0.240. The minimum atomic E-state index is -0.156. The maximum atomic E-state index is 10.7. The summed E-state index contributed by atoms with van der Waals surface area (Å²) in [6.07, 6.45) is 0. The number of ether oxygens (including phenoxy) is 1. The van der Waals surface area contributed by atoms with Crippen LogP contribution in [-0.4, -0.2) is 37.5 Å². The van der Waals surface area contributed by atoms with E-state index in [0.717, 1.165) is 16.7 Å². The average molecular weight is 431 g/mol. The number of nitrogens with zero attached hydrogens (tertiary/aromatic N) is 4. The van der Waals surface area contributed by atoms with Crippen LogP contribution < -0.4 is 4.74 Å². The predicted molar refractivity (Wildman–Crippen MR) is 123 cm³/mol. The molecule has 2 N–H and O–H groups in total. The smallest absolute Gasteiger partial charge is 0.186 e. The van der Waals surface area contributed by atoms with Crippen LogP contribution in [0, 0.1) is 0 Å². The van der Waals surface area contributed by atoms with E-state index in [-0.39, 0.29) is 17.5 Å². The summed E-state index contributed by atoms with van der Waals surface area (Å²) in [5.41, 5.74) is 3.82. The third-order valence-electron chi connectivity index (χ3n) is 5.68. The Morgan fingerprint density at radius 2 is 1.53 bits per heavy atom. The van der Waals surface area contributed by atoms with Crippen molar-refractivity contribution >= 4 is 0 Å². The van der Waals surface area contributed by atoms with E-state index in [4.69, 9.17) is 4.74 Å². The molecule has 0 fully saturated rings. The summed E-state index contributed by atoms with van der Waals surface area (Å²) in [5, 5.41) is 33.6. The lowest BCUT2D eigenvalue weighted by Crippen LogP contribution is -2.10. The molecule has 0 aliphatic carbocycles. The third-order valence-corrected chi connectivity index (χ3v) is 5.68. The second kappa shape index (κ2) is 8.70. The van der Waals surface area contributed by atoms with E-state index in [1.54, 1.807) is 17.9 Å². The summed E-state index contributed by atoms with van der Waals surface area (Å²) in [7, 11) is 1.59. The van der Waals surface area contributed by atoms with Gasteiger partial charge in [-0.25, -0.2) is 4.68 Å². The van der Waals surface area contributed by atoms with Gasteiger partial charge in [0.05, 0.1) is 18.7 Å². The maximum absolute atomic E-state index is 10.7. The van der Waals surface area contributed by atoms with Gasteiger partial charge < -0.3 is 14.9 Å². The lowest BCUT2D eigenvalue weighted by molar-refractivity contribution is 0.415. The van der Waals surface area contributed by atoms with Crippen molar-refractivity contribution in [2.45, 2.75) is 32.7 Å². The Balaban J connectivity index is 1.86. The molecule has 0 bridgehead atoms. The zero-order valence-corrected chi connectivity index (χ0v) is 18.5. The first-order valence-electron chi connectivity index (χ1n) is 10.5. The molecule has 3 aromatic carbocycles. The van der Waals surface area contributed by atoms with Crippen LogP contribution in [0.1, 0.15) is 43.9 Å². The number of rotatable bonds is 6. The zero-order chi connectivity index (χ0) is 22.8. The SMILES string of the molecule is COc1ccc(C(C)C)cc1-c1cc(-c2nnnn2C(C)c2ccccc2)c(O)cc1O. The molecule has 0 saturated carbocycles. The van der Waals surface area contributed by atoms with E-state index in [9.17, 15) is 10.2 Å². The van der Waals surface area contributed by atoms with Crippen molar-refractivity contribution in [1.82, 2.24) is 20.2 Å². The number of aromatic nitrogens is 4. The first-order chi connectivity index (χ1) is 15.4. The van der Waals surface area contributed by atoms with Crippen molar-refractivity contribution in [2.24, 2.45) is 0 Å². The molecule has 32 heavy (non-hydrogen) atoms. The van der Waals surface area contributed by atoms with Crippen LogP contribution in [0.5, 0.6) is 17.2 Å². The normalized spacial score (nSPS) is 12.2. The monoisotopic (exact) mass is 430 g/mol. The van der Waals surface area contributed by atoms with Gasteiger partial charge in [0, 0.05) is 17.2 Å². The molecule has 0 saturated heterocycles. The number of phenols is 2. The highest BCUT2D eigenvalue weighted by Gasteiger charge is 2.22. The molecule has 0 radical (unpaired) electrons. The van der Waals surface area contributed by atoms with E-state index in [0.29, 0.717) is 28.6 Å². The Morgan fingerprint density at radius 1 is 0.812 bits per heavy atom. The van der Waals surface area contributed by atoms with E-state index in [2.05, 4.69) is 29.4 Å². The Bertz CT molecular complexity index is 1240. The molecule has 0 aliphatic heterocycles. The van der Waals surface area contributed by atoms with Gasteiger partial charge in [-0.3, -0.25) is 0 Å². The first kappa shape index (κ1) is 21.4. The van der Waals surface area contributed by atoms with Gasteiger partial charge in [-0.15, -0.1) is 5.10 Å². The predicted octanol–water partition coefficient (Wildman–Crippen LogP) is 5.16. The van der Waals surface area contributed by atoms with Crippen molar-refractivity contribution in [2.75, 3.05) is 7.11 Å². The molecule has 4 aromatic rings. The van der Waals surface area contributed by atoms with E-state index >= 15 is 0 Å². The second-order valence-corrected chi connectivity index (χ2v) is 8.03. The Labute approximate surface area is 186 Å². The number of hydrogen-bond donors (Lipinski definition) is 2. The van der Waals surface area contributed by atoms with E-state index in [1.807, 2.05) is 55.5 Å². The summed E-state index contributed by atoms with van der Waals surface area (Å²) in [6, 6.07) is 18.6. The molecule has 7 heteroatoms. The molecular formula is C25H26N4O3. The molecule has 0 amide bonds. The van der Waals surface area contributed by atoms with Gasteiger partial charge >= 0.3 is 0 Å². The second-order valence-electron chi connectivity index (χ2n) is 8.03. The maximum Gasteiger partial charge on any atom is 0.186 e. The largest absolute Gasteiger partial charge is 0.507 e. The molecule has 0 aliphatic rings. The molecule has 164 valence electrons. The minimum Gasteiger partial charge on any atom is -0.507 e. The molecule has 7 nitrogen and oxygen atoms in total. The fourth-order valence-electron chi connectivity index (χ4n) is 3.77. The molecule has 1 heterocycles. The number of aromatic hydroxyl groups is 2. The topological polar surface area (TPSA) is 93.3 Å². The number of benzene rings is 3. The van der Waals surface area contributed by atoms with E-state index in [1.165, 1.54) is 6.07 Å². The number of tetrazole rings is 1. The van der Waals surface area contributed by atoms with Gasteiger partial charge in [0.2, 0.25) is 0 Å². The van der Waals surface area contributed by atoms with Gasteiger partial charge in [0.15, 0.2) is 5.82 Å². The number of hydrogen-bond acceptors (Lipinski definition) is 6. The molecule has 4 rings (SSSR count). The number of methoxy groups -OCH3 is 1. The van der Waals surface area contributed by atoms with Crippen LogP contribution in [0.25, 0.3) is 22.5 Å². The fourth-order valence-corrected chi connectivity index (χ4v) is 3.77. The summed E-state index contributed by atoms with van der Waals surface area (Å²) < 4.78 is 7.21. The lowest BCUT2D eigenvalue weighted by Gasteiger charge is -2.17. The van der Waals surface area contributed by atoms with Crippen LogP contribution >= 0.6 is 0 Å². The van der Waals surface area contributed by atoms with Gasteiger partial charge in [-0.1, -0.05) is 50.2 Å². The molecule has 1 aromatic heterocycles. The van der Waals surface area contributed by atoms with Crippen LogP contribution in [0.15, 0.2) is 60.7 Å². The van der Waals surface area contributed by atoms with Crippen LogP contribution in [0.4, 0.5) is 0 Å². The molecule has 1 unspecified atom stereocenters. The van der Waals surface area contributed by atoms with Crippen molar-refractivity contribution in [3.8, 4) is 39.8 Å². The third kappa shape index (κ3) is 3.89. The van der Waals surface area contributed by atoms with Crippen molar-refractivity contribution < 1.29 is 14.9 Å². The zero-order valence-electron chi connectivity index (χ0n) is 18.5. The summed E-state index contributed by atoms with van der Waals surface area (Å²) in [5.74, 6) is 1.16. The van der Waals surface area contributed by atoms with Crippen LogP contribution in [0.2, 0.25) is 0 Å². The van der Waals surface area contributed by atoms with Crippen molar-refractivity contribution in [1.29, 1.82) is 0 Å². The van der Waals surface area contributed by atoms with Gasteiger partial charge in [0.1, 0.15) is 17.2 Å². The molecular weight excluding hydrogens is 404 g/mol. The van der Waals surface area contributed by atoms with Crippen LogP contribution in [-0.2, 0) is 0 Å². The summed E-state index contributed by atoms with van der Waals surface area (Å²) in [4.78, 5) is 0. The highest BCUT2D eigenvalue weighted by Crippen LogP contribution is 2.43. The summed E-state index contributed by atoms with van der Waals surface area (Å²) >= 11 is 0. The Hall–Kier alpha value is -3.87. The van der Waals surface area contributed by atoms with E-state index < -0.39 is 0 Å². The molecule has 0 spiro atoms. The Morgan fingerprint density at radius 3 is 2.22 bits per heavy atom. The molecule has 1 atom stereocenters. The van der Waals surface area contributed by atoms with Gasteiger partial charge in [-0.2, -0.15) is 0 Å². The van der Waals surface area contributed by atoms with Gasteiger partial charge in [0.25, 0.3) is 0 Å². The van der Waals surface area contributed by atoms with Crippen LogP contribution in [0.3, 0.4) is 0 Å². The van der Waals surface area contributed by atoms with Gasteiger partial charge in [-0.05, 0) is 52.6 Å². The highest BCUT2D eigenvalue weighted by atomic mass is 16.5. The standard InChI is InChI=1S/C25H26N4O3/c1-15(2)18-10-11-24(32-4)20(12-18)19-13-21(23(31)14-22(19)30)25-26-27-28-29(25)16(3)17-8-6-5-7-9-17/h5-16,30-31H,1-4H3. The average Bonchev–Trinajstić information content (AvgIpc) is 3.28. The minimum absolute atomic E-state index is 0.0550. The summed E-state index contributed by atoms with van der Waals surface area (Å²) in [6.45, 7) is 6.20. The first-order valence-corrected chi connectivity index (χ1v) is 10.5. The number of phenolic OH excluding ortho intramolecular Hbond substituents is 2. The van der Waals surface area contributed by atoms with Crippen molar-refractivity contribution in [3.63, 3.8) is 0 Å². The Kier molecular flexibility index (Phi) is 5.81. The van der Waals surface area contributed by atoms with Crippen molar-refractivity contribution in [3.05, 3.63) is 71.8 Å². The quantitative estimate of drug-likeness (QED) is 0.439.